The summed E-state index contributed by atoms with van der Waals surface area (Å²) < 4.78 is 0. The van der Waals surface area contributed by atoms with Crippen molar-refractivity contribution >= 4 is 57.8 Å². The van der Waals surface area contributed by atoms with Gasteiger partial charge in [-0.05, 0) is 42.5 Å². The maximum Gasteiger partial charge on any atom is 2.00 e. The topological polar surface area (TPSA) is 53.9 Å². The number of nitriles is 1. The van der Waals surface area contributed by atoms with Crippen LogP contribution < -0.4 is 0 Å². The molecule has 0 aliphatic carbocycles. The Balaban J connectivity index is 0.000000289. The van der Waals surface area contributed by atoms with Crippen LogP contribution in [0.4, 0.5) is 0 Å². The van der Waals surface area contributed by atoms with Crippen molar-refractivity contribution in [1.82, 2.24) is 9.97 Å². The number of hydrogen-bond donors (Lipinski definition) is 0. The van der Waals surface area contributed by atoms with E-state index >= 15 is 0 Å². The number of aromatic nitrogens is 2. The molecule has 0 aliphatic rings. The smallest absolute Gasteiger partial charge is 0.812 e. The van der Waals surface area contributed by atoms with Gasteiger partial charge in [-0.15, -0.1) is 4.91 Å². The summed E-state index contributed by atoms with van der Waals surface area (Å²) >= 11 is 8.72. The van der Waals surface area contributed by atoms with Crippen molar-refractivity contribution in [2.45, 2.75) is 13.8 Å². The van der Waals surface area contributed by atoms with Crippen LogP contribution in [0.15, 0.2) is 58.7 Å². The molecule has 4 aromatic rings. The third-order valence-corrected chi connectivity index (χ3v) is 5.08. The first-order chi connectivity index (χ1) is 13.5. The zero-order valence-electron chi connectivity index (χ0n) is 15.5. The standard InChI is InChI=1S/C18H14N2.C4H2N2S2.Pt/c1-11-9-13-10-12(2)15-6-4-8-20-18(15)16(13)17-14(11)5-3-7-19-17;1-6-4(8)3(7)2-5;/h3-10H,1-2H3;7-8H;/q;;+2/p-2. The second kappa shape index (κ2) is 9.72. The first kappa shape index (κ1) is 22.7. The average molecular weight is 594 g/mol. The molecule has 0 amide bonds. The zero-order valence-corrected chi connectivity index (χ0v) is 19.4. The van der Waals surface area contributed by atoms with Crippen LogP contribution in [0.2, 0.25) is 0 Å². The molecule has 0 aliphatic heterocycles. The zero-order chi connectivity index (χ0) is 20.3. The molecule has 7 heteroatoms. The maximum absolute atomic E-state index is 8.01. The van der Waals surface area contributed by atoms with Crippen LogP contribution >= 0.6 is 0 Å². The van der Waals surface area contributed by atoms with E-state index in [9.17, 15) is 0 Å². The Labute approximate surface area is 194 Å². The van der Waals surface area contributed by atoms with Crippen molar-refractivity contribution in [3.05, 3.63) is 81.3 Å². The maximum atomic E-state index is 8.01. The van der Waals surface area contributed by atoms with Gasteiger partial charge in [-0.2, -0.15) is 5.26 Å². The number of hydrogen-bond acceptors (Lipinski definition) is 5. The summed E-state index contributed by atoms with van der Waals surface area (Å²) in [7, 11) is 0. The van der Waals surface area contributed by atoms with Crippen molar-refractivity contribution in [2.24, 2.45) is 0 Å². The Bertz CT molecular complexity index is 1240. The molecule has 0 saturated heterocycles. The van der Waals surface area contributed by atoms with Gasteiger partial charge in [-0.3, -0.25) is 14.8 Å². The second-order valence-corrected chi connectivity index (χ2v) is 6.94. The van der Waals surface area contributed by atoms with Gasteiger partial charge in [0.2, 0.25) is 0 Å². The normalized spacial score (nSPS) is 10.9. The molecule has 2 heterocycles. The Hall–Kier alpha value is -2.63. The van der Waals surface area contributed by atoms with Crippen molar-refractivity contribution in [3.63, 3.8) is 0 Å². The van der Waals surface area contributed by atoms with Gasteiger partial charge in [0.25, 0.3) is 0 Å². The molecular formula is C22H14N4PtS2. The van der Waals surface area contributed by atoms with Crippen LogP contribution in [0.1, 0.15) is 11.1 Å². The fourth-order valence-corrected chi connectivity index (χ4v) is 3.23. The molecular weight excluding hydrogens is 579 g/mol. The van der Waals surface area contributed by atoms with Gasteiger partial charge < -0.3 is 25.3 Å². The van der Waals surface area contributed by atoms with Gasteiger partial charge in [0.05, 0.1) is 23.7 Å². The average Bonchev–Trinajstić information content (AvgIpc) is 2.73. The molecule has 0 fully saturated rings. The second-order valence-electron chi connectivity index (χ2n) is 6.14. The Morgan fingerprint density at radius 1 is 1.00 bits per heavy atom. The molecule has 0 saturated carbocycles. The van der Waals surface area contributed by atoms with Crippen LogP contribution in [0, 0.1) is 31.8 Å². The van der Waals surface area contributed by atoms with Crippen molar-refractivity contribution in [3.8, 4) is 6.07 Å². The first-order valence-electron chi connectivity index (χ1n) is 8.36. The third kappa shape index (κ3) is 4.52. The summed E-state index contributed by atoms with van der Waals surface area (Å²) in [5, 5.41) is 12.7. The molecule has 4 rings (SSSR count). The number of benzene rings is 2. The number of fused-ring (bicyclic) bond motifs is 5. The largest absolute Gasteiger partial charge is 2.00 e. The molecule has 0 N–H and O–H groups in total. The predicted molar refractivity (Wildman–Crippen MR) is 118 cm³/mol. The van der Waals surface area contributed by atoms with E-state index in [0.29, 0.717) is 0 Å². The van der Waals surface area contributed by atoms with Crippen LogP contribution in [-0.2, 0) is 46.3 Å². The van der Waals surface area contributed by atoms with E-state index in [4.69, 9.17) is 11.8 Å². The van der Waals surface area contributed by atoms with Gasteiger partial charge in [-0.1, -0.05) is 24.3 Å². The van der Waals surface area contributed by atoms with E-state index in [0.717, 1.165) is 16.4 Å². The molecule has 2 aromatic carbocycles. The first-order valence-corrected chi connectivity index (χ1v) is 9.17. The number of rotatable bonds is 0. The van der Waals surface area contributed by atoms with Crippen LogP contribution in [0.5, 0.6) is 0 Å². The SMILES string of the molecule is Cc1cc2cc(C)c3cccnc3c2c2ncccc12.[C-]#[N+]C([S-])=C([S-])C#N.[Pt+2]. The summed E-state index contributed by atoms with van der Waals surface area (Å²) in [6.07, 6.45) is 3.71. The number of allylic oxidation sites excluding steroid dienone is 1. The van der Waals surface area contributed by atoms with Crippen molar-refractivity contribution in [2.75, 3.05) is 0 Å². The molecule has 4 nitrogen and oxygen atoms in total. The summed E-state index contributed by atoms with van der Waals surface area (Å²) in [4.78, 5) is 11.9. The van der Waals surface area contributed by atoms with Gasteiger partial charge in [-0.25, -0.2) is 0 Å². The number of pyridine rings is 2. The van der Waals surface area contributed by atoms with Gasteiger partial charge >= 0.3 is 21.1 Å². The third-order valence-electron chi connectivity index (χ3n) is 4.37. The molecule has 0 atom stereocenters. The van der Waals surface area contributed by atoms with E-state index in [1.165, 1.54) is 27.3 Å². The van der Waals surface area contributed by atoms with E-state index < -0.39 is 0 Å². The molecule has 0 radical (unpaired) electrons. The van der Waals surface area contributed by atoms with E-state index in [-0.39, 0.29) is 31.0 Å². The van der Waals surface area contributed by atoms with E-state index in [1.807, 2.05) is 24.5 Å². The Morgan fingerprint density at radius 2 is 1.48 bits per heavy atom. The predicted octanol–water partition coefficient (Wildman–Crippen LogP) is 5.24. The molecule has 29 heavy (non-hydrogen) atoms. The molecule has 0 bridgehead atoms. The fraction of sp³-hybridized carbons (Fsp3) is 0.0909. The Kier molecular flexibility index (Phi) is 7.59. The summed E-state index contributed by atoms with van der Waals surface area (Å²) in [5.74, 6) is 0. The summed E-state index contributed by atoms with van der Waals surface area (Å²) in [6.45, 7) is 10.6. The minimum Gasteiger partial charge on any atom is -0.812 e. The number of nitrogens with zero attached hydrogens (tertiary/aromatic N) is 4. The van der Waals surface area contributed by atoms with Crippen LogP contribution in [0.3, 0.4) is 0 Å². The minimum absolute atomic E-state index is 0. The minimum atomic E-state index is -0.123. The van der Waals surface area contributed by atoms with Crippen LogP contribution in [-0.4, -0.2) is 9.97 Å². The molecule has 2 aromatic heterocycles. The summed E-state index contributed by atoms with van der Waals surface area (Å²) in [5.41, 5.74) is 4.61. The molecule has 0 unspecified atom stereocenters. The van der Waals surface area contributed by atoms with Crippen LogP contribution in [0.25, 0.3) is 37.4 Å². The van der Waals surface area contributed by atoms with Crippen molar-refractivity contribution in [1.29, 1.82) is 5.26 Å². The molecule has 0 spiro atoms. The monoisotopic (exact) mass is 593 g/mol. The Morgan fingerprint density at radius 3 is 1.86 bits per heavy atom. The summed E-state index contributed by atoms with van der Waals surface area (Å²) in [6, 6.07) is 14.3. The van der Waals surface area contributed by atoms with E-state index in [1.54, 1.807) is 6.07 Å². The van der Waals surface area contributed by atoms with Gasteiger partial charge in [0.1, 0.15) is 0 Å². The van der Waals surface area contributed by atoms with Gasteiger partial charge in [0.15, 0.2) is 0 Å². The quantitative estimate of drug-likeness (QED) is 0.121. The van der Waals surface area contributed by atoms with Gasteiger partial charge in [0, 0.05) is 33.6 Å². The number of aryl methyl sites for hydroxylation is 2. The fourth-order valence-electron chi connectivity index (χ4n) is 3.14. The molecule has 144 valence electrons. The van der Waals surface area contributed by atoms with Crippen molar-refractivity contribution < 1.29 is 21.1 Å². The van der Waals surface area contributed by atoms with E-state index in [2.05, 4.69) is 78.2 Å².